The van der Waals surface area contributed by atoms with Crippen LogP contribution in [0.2, 0.25) is 0 Å². The van der Waals surface area contributed by atoms with Gasteiger partial charge in [0.2, 0.25) is 0 Å². The first kappa shape index (κ1) is 21.2. The van der Waals surface area contributed by atoms with Gasteiger partial charge in [-0.15, -0.1) is 11.8 Å². The van der Waals surface area contributed by atoms with E-state index in [-0.39, 0.29) is 11.9 Å². The summed E-state index contributed by atoms with van der Waals surface area (Å²) >= 11 is 1.60. The summed E-state index contributed by atoms with van der Waals surface area (Å²) in [4.78, 5) is 18.7. The molecule has 3 heterocycles. The molecule has 0 saturated heterocycles. The standard InChI is InChI=1S/C26H23N3O3S/c1-17(22-14-18-8-7-10-21(31-2)25(18)32-22)27-26(30)20-9-3-4-11-23(20)33-16-19-15-29-13-6-5-12-24(29)28-19/h3-15,17H,16H2,1-2H3,(H,27,30). The molecule has 2 aromatic carbocycles. The highest BCUT2D eigenvalue weighted by atomic mass is 32.2. The zero-order valence-corrected chi connectivity index (χ0v) is 19.1. The minimum absolute atomic E-state index is 0.145. The van der Waals surface area contributed by atoms with Crippen molar-refractivity contribution >= 4 is 34.3 Å². The monoisotopic (exact) mass is 457 g/mol. The molecule has 1 N–H and O–H groups in total. The molecule has 0 aliphatic rings. The number of hydrogen-bond acceptors (Lipinski definition) is 5. The van der Waals surface area contributed by atoms with Gasteiger partial charge < -0.3 is 18.9 Å². The molecule has 5 aromatic rings. The van der Waals surface area contributed by atoms with Crippen LogP contribution in [-0.4, -0.2) is 22.4 Å². The Balaban J connectivity index is 1.31. The van der Waals surface area contributed by atoms with E-state index >= 15 is 0 Å². The fraction of sp³-hybridized carbons (Fsp3) is 0.154. The van der Waals surface area contributed by atoms with E-state index in [1.54, 1.807) is 18.9 Å². The Kier molecular flexibility index (Phi) is 5.79. The van der Waals surface area contributed by atoms with Gasteiger partial charge >= 0.3 is 0 Å². The van der Waals surface area contributed by atoms with Gasteiger partial charge in [-0.3, -0.25) is 4.79 Å². The van der Waals surface area contributed by atoms with Gasteiger partial charge in [0.15, 0.2) is 11.3 Å². The number of nitrogens with zero attached hydrogens (tertiary/aromatic N) is 2. The fourth-order valence-electron chi connectivity index (χ4n) is 3.76. The number of ether oxygens (including phenoxy) is 1. The number of methoxy groups -OCH3 is 1. The van der Waals surface area contributed by atoms with Crippen molar-refractivity contribution in [2.75, 3.05) is 7.11 Å². The van der Waals surface area contributed by atoms with E-state index in [1.807, 2.05) is 90.4 Å². The molecule has 166 valence electrons. The molecule has 1 amide bonds. The molecule has 0 saturated carbocycles. The molecule has 0 aliphatic heterocycles. The largest absolute Gasteiger partial charge is 0.493 e. The minimum atomic E-state index is -0.300. The third-order valence-electron chi connectivity index (χ3n) is 5.44. The van der Waals surface area contributed by atoms with Gasteiger partial charge in [-0.1, -0.05) is 30.3 Å². The van der Waals surface area contributed by atoms with E-state index in [2.05, 4.69) is 10.3 Å². The Morgan fingerprint density at radius 1 is 1.15 bits per heavy atom. The molecule has 6 nitrogen and oxygen atoms in total. The summed E-state index contributed by atoms with van der Waals surface area (Å²) in [5.41, 5.74) is 3.19. The lowest BCUT2D eigenvalue weighted by Crippen LogP contribution is -2.26. The van der Waals surface area contributed by atoms with Crippen molar-refractivity contribution in [1.29, 1.82) is 0 Å². The van der Waals surface area contributed by atoms with Crippen LogP contribution < -0.4 is 10.1 Å². The Labute approximate surface area is 195 Å². The van der Waals surface area contributed by atoms with Gasteiger partial charge in [0.05, 0.1) is 24.4 Å². The van der Waals surface area contributed by atoms with Gasteiger partial charge in [0.1, 0.15) is 11.4 Å². The number of furan rings is 1. The van der Waals surface area contributed by atoms with Gasteiger partial charge in [-0.05, 0) is 43.3 Å². The fourth-order valence-corrected chi connectivity index (χ4v) is 4.70. The summed E-state index contributed by atoms with van der Waals surface area (Å²) < 4.78 is 13.4. The quantitative estimate of drug-likeness (QED) is 0.310. The molecule has 7 heteroatoms. The highest BCUT2D eigenvalue weighted by Gasteiger charge is 2.19. The maximum atomic E-state index is 13.1. The van der Waals surface area contributed by atoms with E-state index in [0.29, 0.717) is 28.4 Å². The van der Waals surface area contributed by atoms with Crippen LogP contribution in [0.4, 0.5) is 0 Å². The predicted molar refractivity (Wildman–Crippen MR) is 130 cm³/mol. The van der Waals surface area contributed by atoms with Crippen LogP contribution in [0.1, 0.15) is 34.8 Å². The van der Waals surface area contributed by atoms with E-state index in [1.165, 1.54) is 0 Å². The summed E-state index contributed by atoms with van der Waals surface area (Å²) in [6, 6.07) is 20.9. The van der Waals surface area contributed by atoms with Gasteiger partial charge in [-0.25, -0.2) is 4.98 Å². The number of aromatic nitrogens is 2. The van der Waals surface area contributed by atoms with E-state index in [4.69, 9.17) is 9.15 Å². The van der Waals surface area contributed by atoms with Crippen LogP contribution in [0.25, 0.3) is 16.6 Å². The molecule has 0 radical (unpaired) electrons. The molecule has 0 spiro atoms. The number of para-hydroxylation sites is 1. The second-order valence-corrected chi connectivity index (χ2v) is 8.72. The molecule has 1 atom stereocenters. The number of hydrogen-bond donors (Lipinski definition) is 1. The van der Waals surface area contributed by atoms with Gasteiger partial charge in [-0.2, -0.15) is 0 Å². The molecule has 33 heavy (non-hydrogen) atoms. The number of amides is 1. The summed E-state index contributed by atoms with van der Waals surface area (Å²) in [5, 5.41) is 4.00. The van der Waals surface area contributed by atoms with Crippen molar-refractivity contribution in [3.8, 4) is 5.75 Å². The number of carbonyl (C=O) groups is 1. The van der Waals surface area contributed by atoms with Crippen molar-refractivity contribution in [3.63, 3.8) is 0 Å². The molecule has 0 aliphatic carbocycles. The van der Waals surface area contributed by atoms with Crippen LogP contribution in [0.5, 0.6) is 5.75 Å². The number of benzene rings is 2. The van der Waals surface area contributed by atoms with Crippen LogP contribution >= 0.6 is 11.8 Å². The number of carbonyl (C=O) groups excluding carboxylic acids is 1. The molecular weight excluding hydrogens is 434 g/mol. The van der Waals surface area contributed by atoms with Crippen molar-refractivity contribution < 1.29 is 13.9 Å². The van der Waals surface area contributed by atoms with Crippen LogP contribution in [0.15, 0.2) is 88.4 Å². The average Bonchev–Trinajstić information content (AvgIpc) is 3.46. The van der Waals surface area contributed by atoms with Crippen molar-refractivity contribution in [1.82, 2.24) is 14.7 Å². The molecule has 5 rings (SSSR count). The van der Waals surface area contributed by atoms with E-state index in [0.717, 1.165) is 21.6 Å². The smallest absolute Gasteiger partial charge is 0.252 e. The second-order valence-electron chi connectivity index (χ2n) is 7.71. The van der Waals surface area contributed by atoms with E-state index in [9.17, 15) is 4.79 Å². The van der Waals surface area contributed by atoms with E-state index < -0.39 is 0 Å². The van der Waals surface area contributed by atoms with Gasteiger partial charge in [0, 0.05) is 28.4 Å². The Bertz CT molecular complexity index is 1410. The van der Waals surface area contributed by atoms with Crippen molar-refractivity contribution in [2.24, 2.45) is 0 Å². The Morgan fingerprint density at radius 3 is 2.85 bits per heavy atom. The highest BCUT2D eigenvalue weighted by molar-refractivity contribution is 7.98. The van der Waals surface area contributed by atoms with Crippen molar-refractivity contribution in [3.05, 3.63) is 96.1 Å². The molecule has 3 aromatic heterocycles. The SMILES string of the molecule is COc1cccc2cc(C(C)NC(=O)c3ccccc3SCc3cn4ccccc4n3)oc12. The van der Waals surface area contributed by atoms with Crippen molar-refractivity contribution in [2.45, 2.75) is 23.6 Å². The third kappa shape index (κ3) is 4.32. The lowest BCUT2D eigenvalue weighted by atomic mass is 10.1. The lowest BCUT2D eigenvalue weighted by molar-refractivity contribution is 0.0932. The Hall–Kier alpha value is -3.71. The third-order valence-corrected chi connectivity index (χ3v) is 6.55. The molecule has 0 fully saturated rings. The summed E-state index contributed by atoms with van der Waals surface area (Å²) in [5.74, 6) is 1.88. The first-order chi connectivity index (χ1) is 16.1. The topological polar surface area (TPSA) is 68.8 Å². The molecule has 0 bridgehead atoms. The first-order valence-corrected chi connectivity index (χ1v) is 11.6. The average molecular weight is 458 g/mol. The normalized spacial score (nSPS) is 12.2. The van der Waals surface area contributed by atoms with Gasteiger partial charge in [0.25, 0.3) is 5.91 Å². The minimum Gasteiger partial charge on any atom is -0.493 e. The maximum absolute atomic E-state index is 13.1. The predicted octanol–water partition coefficient (Wildman–Crippen LogP) is 5.87. The first-order valence-electron chi connectivity index (χ1n) is 10.6. The lowest BCUT2D eigenvalue weighted by Gasteiger charge is -2.13. The van der Waals surface area contributed by atoms with Crippen LogP contribution in [0, 0.1) is 0 Å². The second kappa shape index (κ2) is 9.03. The van der Waals surface area contributed by atoms with Crippen LogP contribution in [-0.2, 0) is 5.75 Å². The Morgan fingerprint density at radius 2 is 2.00 bits per heavy atom. The number of fused-ring (bicyclic) bond motifs is 2. The summed E-state index contributed by atoms with van der Waals surface area (Å²) in [6.45, 7) is 1.91. The summed E-state index contributed by atoms with van der Waals surface area (Å²) in [7, 11) is 1.61. The summed E-state index contributed by atoms with van der Waals surface area (Å²) in [6.07, 6.45) is 4.00. The zero-order valence-electron chi connectivity index (χ0n) is 18.3. The number of imidazole rings is 1. The zero-order chi connectivity index (χ0) is 22.8. The van der Waals surface area contributed by atoms with Crippen LogP contribution in [0.3, 0.4) is 0 Å². The maximum Gasteiger partial charge on any atom is 0.252 e. The number of nitrogens with one attached hydrogen (secondary N) is 1. The molecular formula is C26H23N3O3S. The highest BCUT2D eigenvalue weighted by Crippen LogP contribution is 2.31. The number of pyridine rings is 1. The number of rotatable bonds is 7. The molecule has 1 unspecified atom stereocenters. The number of thioether (sulfide) groups is 1.